The summed E-state index contributed by atoms with van der Waals surface area (Å²) in [6, 6.07) is 18.7. The van der Waals surface area contributed by atoms with Gasteiger partial charge in [0.25, 0.3) is 17.5 Å². The normalized spacial score (nSPS) is 12.6. The second-order valence-electron chi connectivity index (χ2n) is 6.90. The number of nitro benzene ring substituents is 1. The smallest absolute Gasteiger partial charge is 0.343 e. The number of nitrogens with zero attached hydrogens (tertiary/aromatic N) is 2. The van der Waals surface area contributed by atoms with Crippen molar-refractivity contribution >= 4 is 23.5 Å². The predicted octanol–water partition coefficient (Wildman–Crippen LogP) is 3.65. The molecule has 1 aliphatic heterocycles. The van der Waals surface area contributed by atoms with Crippen molar-refractivity contribution in [2.75, 3.05) is 6.54 Å². The molecular formula is C23H16N2O6. The molecule has 8 nitrogen and oxygen atoms in total. The van der Waals surface area contributed by atoms with Crippen LogP contribution < -0.4 is 4.74 Å². The second-order valence-corrected chi connectivity index (χ2v) is 6.90. The highest BCUT2D eigenvalue weighted by Crippen LogP contribution is 2.23. The van der Waals surface area contributed by atoms with Crippen LogP contribution in [0, 0.1) is 10.1 Å². The number of fused-ring (bicyclic) bond motifs is 1. The predicted molar refractivity (Wildman–Crippen MR) is 110 cm³/mol. The van der Waals surface area contributed by atoms with Gasteiger partial charge in [0.1, 0.15) is 5.75 Å². The van der Waals surface area contributed by atoms with Crippen LogP contribution in [0.2, 0.25) is 0 Å². The van der Waals surface area contributed by atoms with E-state index in [0.717, 1.165) is 11.6 Å². The summed E-state index contributed by atoms with van der Waals surface area (Å²) in [5, 5.41) is 10.8. The number of ether oxygens (including phenoxy) is 1. The zero-order valence-corrected chi connectivity index (χ0v) is 16.2. The Bertz CT molecular complexity index is 1170. The van der Waals surface area contributed by atoms with Gasteiger partial charge in [-0.05, 0) is 42.3 Å². The maximum Gasteiger partial charge on any atom is 0.343 e. The van der Waals surface area contributed by atoms with Crippen LogP contribution in [0.5, 0.6) is 5.75 Å². The molecule has 0 atom stereocenters. The van der Waals surface area contributed by atoms with Gasteiger partial charge < -0.3 is 4.74 Å². The molecule has 0 spiro atoms. The van der Waals surface area contributed by atoms with E-state index in [4.69, 9.17) is 4.74 Å². The fourth-order valence-electron chi connectivity index (χ4n) is 3.32. The fourth-order valence-corrected chi connectivity index (χ4v) is 3.32. The second kappa shape index (κ2) is 8.19. The Morgan fingerprint density at radius 3 is 2.16 bits per heavy atom. The third kappa shape index (κ3) is 4.04. The number of non-ortho nitro benzene ring substituents is 1. The number of benzene rings is 3. The number of hydrogen-bond acceptors (Lipinski definition) is 6. The number of carbonyl (C=O) groups is 3. The lowest BCUT2D eigenvalue weighted by Gasteiger charge is -2.13. The number of hydrogen-bond donors (Lipinski definition) is 0. The van der Waals surface area contributed by atoms with Gasteiger partial charge >= 0.3 is 5.97 Å². The Kier molecular flexibility index (Phi) is 5.28. The molecular weight excluding hydrogens is 400 g/mol. The fraction of sp³-hybridized carbons (Fsp3) is 0.0870. The molecule has 1 heterocycles. The monoisotopic (exact) mass is 416 g/mol. The molecule has 0 saturated carbocycles. The van der Waals surface area contributed by atoms with Crippen LogP contribution in [0.25, 0.3) is 0 Å². The minimum Gasteiger partial charge on any atom is -0.423 e. The summed E-state index contributed by atoms with van der Waals surface area (Å²) in [6.07, 6.45) is 0.449. The van der Waals surface area contributed by atoms with Crippen molar-refractivity contribution in [1.29, 1.82) is 0 Å². The summed E-state index contributed by atoms with van der Waals surface area (Å²) in [4.78, 5) is 48.5. The zero-order chi connectivity index (χ0) is 22.0. The summed E-state index contributed by atoms with van der Waals surface area (Å²) in [5.74, 6) is -1.03. The van der Waals surface area contributed by atoms with Crippen molar-refractivity contribution in [2.45, 2.75) is 6.42 Å². The van der Waals surface area contributed by atoms with Crippen LogP contribution in [0.4, 0.5) is 5.69 Å². The highest BCUT2D eigenvalue weighted by Gasteiger charge is 2.34. The summed E-state index contributed by atoms with van der Waals surface area (Å²) in [6.45, 7) is 0.235. The van der Waals surface area contributed by atoms with Crippen LogP contribution >= 0.6 is 0 Å². The van der Waals surface area contributed by atoms with Crippen molar-refractivity contribution in [3.05, 3.63) is 105 Å². The molecule has 1 aliphatic rings. The molecule has 154 valence electrons. The number of nitro groups is 1. The Hall–Kier alpha value is -4.33. The van der Waals surface area contributed by atoms with Gasteiger partial charge in [-0.2, -0.15) is 0 Å². The van der Waals surface area contributed by atoms with E-state index in [1.165, 1.54) is 23.1 Å². The van der Waals surface area contributed by atoms with Gasteiger partial charge in [-0.3, -0.25) is 24.6 Å². The van der Waals surface area contributed by atoms with Gasteiger partial charge in [0.2, 0.25) is 0 Å². The van der Waals surface area contributed by atoms with Crippen LogP contribution in [0.3, 0.4) is 0 Å². The summed E-state index contributed by atoms with van der Waals surface area (Å²) >= 11 is 0. The van der Waals surface area contributed by atoms with E-state index >= 15 is 0 Å². The van der Waals surface area contributed by atoms with E-state index in [0.29, 0.717) is 17.5 Å². The third-order valence-electron chi connectivity index (χ3n) is 4.93. The average molecular weight is 416 g/mol. The van der Waals surface area contributed by atoms with E-state index in [9.17, 15) is 24.5 Å². The van der Waals surface area contributed by atoms with Crippen molar-refractivity contribution in [1.82, 2.24) is 4.90 Å². The molecule has 4 rings (SSSR count). The number of carbonyl (C=O) groups excluding carboxylic acids is 3. The molecule has 3 aromatic carbocycles. The average Bonchev–Trinajstić information content (AvgIpc) is 3.03. The number of esters is 1. The first-order valence-corrected chi connectivity index (χ1v) is 9.45. The molecule has 0 radical (unpaired) electrons. The zero-order valence-electron chi connectivity index (χ0n) is 16.2. The first kappa shape index (κ1) is 20.0. The van der Waals surface area contributed by atoms with Crippen LogP contribution in [-0.2, 0) is 6.42 Å². The molecule has 3 aromatic rings. The van der Waals surface area contributed by atoms with Gasteiger partial charge in [-0.25, -0.2) is 4.79 Å². The first-order chi connectivity index (χ1) is 14.9. The van der Waals surface area contributed by atoms with E-state index in [-0.39, 0.29) is 35.4 Å². The quantitative estimate of drug-likeness (QED) is 0.200. The molecule has 0 saturated heterocycles. The Morgan fingerprint density at radius 2 is 1.55 bits per heavy atom. The van der Waals surface area contributed by atoms with Crippen LogP contribution in [-0.4, -0.2) is 34.2 Å². The molecule has 0 aliphatic carbocycles. The van der Waals surface area contributed by atoms with E-state index < -0.39 is 10.9 Å². The molecule has 0 fully saturated rings. The van der Waals surface area contributed by atoms with Crippen LogP contribution in [0.1, 0.15) is 36.6 Å². The molecule has 0 aromatic heterocycles. The molecule has 0 unspecified atom stereocenters. The summed E-state index contributed by atoms with van der Waals surface area (Å²) in [7, 11) is 0. The standard InChI is InChI=1S/C23H16N2O6/c26-21-19-6-1-2-7-20(19)22(27)24(21)13-12-15-8-10-18(11-9-15)31-23(28)16-4-3-5-17(14-16)25(29)30/h1-11,14H,12-13H2. The number of amides is 2. The molecule has 0 N–H and O–H groups in total. The third-order valence-corrected chi connectivity index (χ3v) is 4.93. The lowest BCUT2D eigenvalue weighted by atomic mass is 10.1. The molecule has 2 amide bonds. The highest BCUT2D eigenvalue weighted by molar-refractivity contribution is 6.21. The number of imide groups is 1. The Morgan fingerprint density at radius 1 is 0.903 bits per heavy atom. The maximum absolute atomic E-state index is 12.4. The van der Waals surface area contributed by atoms with E-state index in [2.05, 4.69) is 0 Å². The lowest BCUT2D eigenvalue weighted by Crippen LogP contribution is -2.31. The van der Waals surface area contributed by atoms with Gasteiger partial charge in [-0.1, -0.05) is 30.3 Å². The largest absolute Gasteiger partial charge is 0.423 e. The van der Waals surface area contributed by atoms with Crippen LogP contribution in [0.15, 0.2) is 72.8 Å². The SMILES string of the molecule is O=C(Oc1ccc(CCN2C(=O)c3ccccc3C2=O)cc1)c1cccc([N+](=O)[O-])c1. The summed E-state index contributed by atoms with van der Waals surface area (Å²) < 4.78 is 5.26. The maximum atomic E-state index is 12.4. The minimum atomic E-state index is -0.706. The summed E-state index contributed by atoms with van der Waals surface area (Å²) in [5.41, 5.74) is 1.56. The van der Waals surface area contributed by atoms with Crippen molar-refractivity contribution < 1.29 is 24.0 Å². The number of rotatable bonds is 6. The Balaban J connectivity index is 1.37. The molecule has 0 bridgehead atoms. The highest BCUT2D eigenvalue weighted by atomic mass is 16.6. The Labute approximate surface area is 176 Å². The van der Waals surface area contributed by atoms with Crippen molar-refractivity contribution in [2.24, 2.45) is 0 Å². The van der Waals surface area contributed by atoms with Gasteiger partial charge in [-0.15, -0.1) is 0 Å². The molecule has 8 heteroatoms. The van der Waals surface area contributed by atoms with Crippen molar-refractivity contribution in [3.8, 4) is 5.75 Å². The van der Waals surface area contributed by atoms with Gasteiger partial charge in [0, 0.05) is 18.7 Å². The van der Waals surface area contributed by atoms with Gasteiger partial charge in [0.05, 0.1) is 21.6 Å². The molecule has 31 heavy (non-hydrogen) atoms. The van der Waals surface area contributed by atoms with Gasteiger partial charge in [0.15, 0.2) is 0 Å². The lowest BCUT2D eigenvalue weighted by molar-refractivity contribution is -0.384. The van der Waals surface area contributed by atoms with E-state index in [1.54, 1.807) is 48.5 Å². The topological polar surface area (TPSA) is 107 Å². The minimum absolute atomic E-state index is 0.0731. The van der Waals surface area contributed by atoms with Crippen molar-refractivity contribution in [3.63, 3.8) is 0 Å². The first-order valence-electron chi connectivity index (χ1n) is 9.45. The van der Waals surface area contributed by atoms with E-state index in [1.807, 2.05) is 0 Å².